The Balaban J connectivity index is 4.73. The third-order valence-electron chi connectivity index (χ3n) is 1.42. The van der Waals surface area contributed by atoms with Gasteiger partial charge in [0.1, 0.15) is 0 Å². The second-order valence-electron chi connectivity index (χ2n) is 3.76. The zero-order valence-electron chi connectivity index (χ0n) is 9.48. The van der Waals surface area contributed by atoms with Crippen molar-refractivity contribution < 1.29 is 18.8 Å². The van der Waals surface area contributed by atoms with Gasteiger partial charge in [-0.05, 0) is 34.6 Å². The third kappa shape index (κ3) is 3.67. The minimum absolute atomic E-state index is 0.227. The van der Waals surface area contributed by atoms with Crippen LogP contribution in [0.4, 0.5) is 0 Å². The summed E-state index contributed by atoms with van der Waals surface area (Å²) in [4.78, 5) is 0.660. The van der Waals surface area contributed by atoms with Crippen molar-refractivity contribution >= 4 is 7.75 Å². The maximum Gasteiger partial charge on any atom is 0.431 e. The van der Waals surface area contributed by atoms with E-state index in [1.165, 1.54) is 0 Å². The first-order valence-corrected chi connectivity index (χ1v) is 6.16. The minimum Gasteiger partial charge on any atom is -0.303 e. The molecule has 0 aromatic rings. The van der Waals surface area contributed by atoms with Crippen molar-refractivity contribution in [3.63, 3.8) is 0 Å². The fourth-order valence-corrected chi connectivity index (χ4v) is 2.52. The van der Waals surface area contributed by atoms with Gasteiger partial charge in [0.2, 0.25) is 0 Å². The van der Waals surface area contributed by atoms with Crippen molar-refractivity contribution in [2.75, 3.05) is 13.2 Å². The monoisotopic (exact) mass is 225 g/mol. The van der Waals surface area contributed by atoms with Crippen LogP contribution in [0.1, 0.15) is 34.6 Å². The maximum absolute atomic E-state index is 12.0. The lowest BCUT2D eigenvalue weighted by Crippen LogP contribution is -2.37. The molecular formula is C8H20NO4P. The van der Waals surface area contributed by atoms with Gasteiger partial charge in [-0.25, -0.2) is 4.57 Å². The Labute approximate surface area is 85.5 Å². The van der Waals surface area contributed by atoms with E-state index in [2.05, 4.69) is 0 Å². The van der Waals surface area contributed by atoms with E-state index in [1.54, 1.807) is 34.6 Å². The smallest absolute Gasteiger partial charge is 0.303 e. The second-order valence-corrected chi connectivity index (χ2v) is 5.60. The van der Waals surface area contributed by atoms with Crippen LogP contribution in [0, 0.1) is 0 Å². The highest BCUT2D eigenvalue weighted by atomic mass is 31.2. The Kier molecular flexibility index (Phi) is 5.26. The lowest BCUT2D eigenvalue weighted by Gasteiger charge is -2.33. The second kappa shape index (κ2) is 5.24. The van der Waals surface area contributed by atoms with E-state index in [9.17, 15) is 9.77 Å². The van der Waals surface area contributed by atoms with Crippen LogP contribution in [0.25, 0.3) is 0 Å². The Morgan fingerprint density at radius 2 is 1.57 bits per heavy atom. The standard InChI is InChI=1S/C8H20NO4P/c1-6-12-14(11,13-7-2)9(10)8(3,4)5/h10H,6-7H2,1-5H3. The largest absolute Gasteiger partial charge is 0.431 e. The molecule has 86 valence electrons. The molecule has 0 saturated heterocycles. The number of hydrogen-bond acceptors (Lipinski definition) is 4. The van der Waals surface area contributed by atoms with E-state index < -0.39 is 13.3 Å². The van der Waals surface area contributed by atoms with Gasteiger partial charge in [0.25, 0.3) is 0 Å². The molecule has 0 rings (SSSR count). The first-order chi connectivity index (χ1) is 6.28. The van der Waals surface area contributed by atoms with Gasteiger partial charge in [-0.15, -0.1) is 0 Å². The zero-order chi connectivity index (χ0) is 11.4. The van der Waals surface area contributed by atoms with E-state index in [0.29, 0.717) is 4.83 Å². The molecule has 0 aliphatic heterocycles. The number of nitrogens with zero attached hydrogens (tertiary/aromatic N) is 1. The summed E-state index contributed by atoms with van der Waals surface area (Å²) in [6.07, 6.45) is 0. The number of hydroxylamine groups is 1. The molecule has 0 aromatic carbocycles. The molecule has 6 heteroatoms. The van der Waals surface area contributed by atoms with Crippen LogP contribution < -0.4 is 0 Å². The van der Waals surface area contributed by atoms with Crippen LogP contribution in [-0.2, 0) is 13.6 Å². The molecule has 0 aliphatic carbocycles. The topological polar surface area (TPSA) is 59.0 Å². The first kappa shape index (κ1) is 14.1. The van der Waals surface area contributed by atoms with Crippen molar-refractivity contribution in [1.82, 2.24) is 4.83 Å². The molecule has 0 bridgehead atoms. The van der Waals surface area contributed by atoms with Crippen molar-refractivity contribution in [3.8, 4) is 0 Å². The first-order valence-electron chi connectivity index (χ1n) is 4.66. The lowest BCUT2D eigenvalue weighted by molar-refractivity contribution is -0.0995. The molecule has 0 aromatic heterocycles. The van der Waals surface area contributed by atoms with E-state index in [-0.39, 0.29) is 13.2 Å². The van der Waals surface area contributed by atoms with Crippen molar-refractivity contribution in [2.24, 2.45) is 0 Å². The Morgan fingerprint density at radius 1 is 1.21 bits per heavy atom. The van der Waals surface area contributed by atoms with Crippen LogP contribution in [0.15, 0.2) is 0 Å². The molecule has 14 heavy (non-hydrogen) atoms. The van der Waals surface area contributed by atoms with E-state index >= 15 is 0 Å². The van der Waals surface area contributed by atoms with Gasteiger partial charge in [-0.2, -0.15) is 0 Å². The van der Waals surface area contributed by atoms with E-state index in [1.807, 2.05) is 0 Å². The van der Waals surface area contributed by atoms with Gasteiger partial charge in [0.15, 0.2) is 0 Å². The third-order valence-corrected chi connectivity index (χ3v) is 3.65. The van der Waals surface area contributed by atoms with Crippen LogP contribution in [0.5, 0.6) is 0 Å². The molecule has 0 fully saturated rings. The molecule has 0 unspecified atom stereocenters. The van der Waals surface area contributed by atoms with Crippen LogP contribution in [-0.4, -0.2) is 28.8 Å². The molecule has 0 atom stereocenters. The van der Waals surface area contributed by atoms with Crippen LogP contribution >= 0.6 is 7.75 Å². The predicted molar refractivity (Wildman–Crippen MR) is 54.2 cm³/mol. The van der Waals surface area contributed by atoms with E-state index in [0.717, 1.165) is 0 Å². The van der Waals surface area contributed by atoms with Gasteiger partial charge in [-0.1, -0.05) is 4.83 Å². The highest BCUT2D eigenvalue weighted by Crippen LogP contribution is 2.53. The Hall–Kier alpha value is 0.0700. The fourth-order valence-electron chi connectivity index (χ4n) is 0.840. The zero-order valence-corrected chi connectivity index (χ0v) is 10.4. The van der Waals surface area contributed by atoms with Gasteiger partial charge in [0.05, 0.1) is 13.2 Å². The average molecular weight is 225 g/mol. The quantitative estimate of drug-likeness (QED) is 0.575. The maximum atomic E-state index is 12.0. The molecule has 0 spiro atoms. The summed E-state index contributed by atoms with van der Waals surface area (Å²) in [6, 6.07) is 0. The number of hydrogen-bond donors (Lipinski definition) is 1. The van der Waals surface area contributed by atoms with Gasteiger partial charge in [0, 0.05) is 5.54 Å². The predicted octanol–water partition coefficient (Wildman–Crippen LogP) is 2.66. The van der Waals surface area contributed by atoms with Crippen molar-refractivity contribution in [3.05, 3.63) is 0 Å². The average Bonchev–Trinajstić information content (AvgIpc) is 2.02. The number of rotatable bonds is 5. The molecule has 0 radical (unpaired) electrons. The fraction of sp³-hybridized carbons (Fsp3) is 1.00. The summed E-state index contributed by atoms with van der Waals surface area (Å²) in [6.45, 7) is 9.01. The highest BCUT2D eigenvalue weighted by Gasteiger charge is 2.39. The Morgan fingerprint density at radius 3 is 1.79 bits per heavy atom. The summed E-state index contributed by atoms with van der Waals surface area (Å²) >= 11 is 0. The van der Waals surface area contributed by atoms with Gasteiger partial charge in [-0.3, -0.25) is 9.05 Å². The molecule has 5 nitrogen and oxygen atoms in total. The lowest BCUT2D eigenvalue weighted by atomic mass is 10.1. The van der Waals surface area contributed by atoms with E-state index in [4.69, 9.17) is 9.05 Å². The van der Waals surface area contributed by atoms with Crippen molar-refractivity contribution in [1.29, 1.82) is 0 Å². The van der Waals surface area contributed by atoms with Gasteiger partial charge >= 0.3 is 7.75 Å². The summed E-state index contributed by atoms with van der Waals surface area (Å²) in [5.74, 6) is 0. The molecule has 0 amide bonds. The molecule has 0 saturated carbocycles. The highest BCUT2D eigenvalue weighted by molar-refractivity contribution is 7.51. The van der Waals surface area contributed by atoms with Gasteiger partial charge < -0.3 is 5.21 Å². The summed E-state index contributed by atoms with van der Waals surface area (Å²) in [5, 5.41) is 9.69. The normalized spacial score (nSPS) is 13.6. The molecule has 0 aliphatic rings. The summed E-state index contributed by atoms with van der Waals surface area (Å²) < 4.78 is 21.9. The summed E-state index contributed by atoms with van der Waals surface area (Å²) in [5.41, 5.74) is -0.681. The van der Waals surface area contributed by atoms with Crippen LogP contribution in [0.3, 0.4) is 0 Å². The molecular weight excluding hydrogens is 205 g/mol. The molecule has 0 heterocycles. The van der Waals surface area contributed by atoms with Crippen molar-refractivity contribution in [2.45, 2.75) is 40.2 Å². The molecule has 1 N–H and O–H groups in total. The minimum atomic E-state index is -3.54. The SMILES string of the molecule is CCOP(=O)(OCC)N(O)C(C)(C)C. The Bertz CT molecular complexity index is 204. The van der Waals surface area contributed by atoms with Crippen LogP contribution in [0.2, 0.25) is 0 Å². The summed E-state index contributed by atoms with van der Waals surface area (Å²) in [7, 11) is -3.54.